The molecule has 1 aromatic carbocycles. The van der Waals surface area contributed by atoms with Gasteiger partial charge in [-0.05, 0) is 24.1 Å². The molecule has 0 aliphatic rings. The standard InChI is InChI=1S/C12H10F3N3/c13-9-3-8(4-10(14)5-9)1-2-16-12-6-11(15)17-7-18-12/h3-7H,1-2H2,(H,16,17,18). The molecule has 2 rings (SSSR count). The summed E-state index contributed by atoms with van der Waals surface area (Å²) in [6.07, 6.45) is 1.50. The normalized spacial score (nSPS) is 10.4. The van der Waals surface area contributed by atoms with E-state index in [1.165, 1.54) is 12.1 Å². The Labute approximate surface area is 102 Å². The maximum atomic E-state index is 12.9. The maximum Gasteiger partial charge on any atom is 0.217 e. The van der Waals surface area contributed by atoms with Crippen LogP contribution >= 0.6 is 0 Å². The molecule has 0 spiro atoms. The number of anilines is 1. The van der Waals surface area contributed by atoms with E-state index < -0.39 is 17.6 Å². The Morgan fingerprint density at radius 1 is 0.944 bits per heavy atom. The molecule has 2 aromatic rings. The number of nitrogens with one attached hydrogen (secondary N) is 1. The topological polar surface area (TPSA) is 37.8 Å². The third-order valence-electron chi connectivity index (χ3n) is 2.28. The minimum Gasteiger partial charge on any atom is -0.370 e. The molecule has 0 fully saturated rings. The van der Waals surface area contributed by atoms with Crippen molar-refractivity contribution in [2.75, 3.05) is 11.9 Å². The zero-order valence-electron chi connectivity index (χ0n) is 9.33. The average Bonchev–Trinajstić information content (AvgIpc) is 2.27. The van der Waals surface area contributed by atoms with E-state index >= 15 is 0 Å². The van der Waals surface area contributed by atoms with Gasteiger partial charge in [0, 0.05) is 18.7 Å². The largest absolute Gasteiger partial charge is 0.370 e. The first-order chi connectivity index (χ1) is 8.63. The smallest absolute Gasteiger partial charge is 0.217 e. The summed E-state index contributed by atoms with van der Waals surface area (Å²) in [5.41, 5.74) is 0.523. The van der Waals surface area contributed by atoms with Gasteiger partial charge in [0.1, 0.15) is 23.8 Å². The van der Waals surface area contributed by atoms with Crippen LogP contribution in [-0.4, -0.2) is 16.5 Å². The van der Waals surface area contributed by atoms with E-state index in [9.17, 15) is 13.2 Å². The predicted octanol–water partition coefficient (Wildman–Crippen LogP) is 2.55. The SMILES string of the molecule is Fc1cc(F)cc(CCNc2cc(F)ncn2)c1. The number of aromatic nitrogens is 2. The summed E-state index contributed by atoms with van der Waals surface area (Å²) < 4.78 is 38.5. The number of rotatable bonds is 4. The molecule has 1 N–H and O–H groups in total. The van der Waals surface area contributed by atoms with Crippen LogP contribution in [0.15, 0.2) is 30.6 Å². The van der Waals surface area contributed by atoms with Crippen LogP contribution in [0.1, 0.15) is 5.56 Å². The van der Waals surface area contributed by atoms with Gasteiger partial charge >= 0.3 is 0 Å². The fraction of sp³-hybridized carbons (Fsp3) is 0.167. The van der Waals surface area contributed by atoms with Crippen molar-refractivity contribution in [3.8, 4) is 0 Å². The Morgan fingerprint density at radius 3 is 2.33 bits per heavy atom. The summed E-state index contributed by atoms with van der Waals surface area (Å²) in [6.45, 7) is 0.388. The Morgan fingerprint density at radius 2 is 1.67 bits per heavy atom. The van der Waals surface area contributed by atoms with Crippen LogP contribution in [0.2, 0.25) is 0 Å². The second kappa shape index (κ2) is 5.48. The van der Waals surface area contributed by atoms with E-state index in [0.29, 0.717) is 24.3 Å². The zero-order chi connectivity index (χ0) is 13.0. The quantitative estimate of drug-likeness (QED) is 0.851. The average molecular weight is 253 g/mol. The molecule has 0 atom stereocenters. The van der Waals surface area contributed by atoms with Crippen molar-refractivity contribution in [3.05, 3.63) is 53.7 Å². The Balaban J connectivity index is 1.92. The fourth-order valence-corrected chi connectivity index (χ4v) is 1.52. The van der Waals surface area contributed by atoms with Crippen LogP contribution < -0.4 is 5.32 Å². The van der Waals surface area contributed by atoms with Crippen LogP contribution in [0.4, 0.5) is 19.0 Å². The van der Waals surface area contributed by atoms with Crippen molar-refractivity contribution in [2.45, 2.75) is 6.42 Å². The van der Waals surface area contributed by atoms with Crippen molar-refractivity contribution in [1.82, 2.24) is 9.97 Å². The molecule has 0 unspecified atom stereocenters. The van der Waals surface area contributed by atoms with Gasteiger partial charge < -0.3 is 5.32 Å². The fourth-order valence-electron chi connectivity index (χ4n) is 1.52. The molecular weight excluding hydrogens is 243 g/mol. The summed E-state index contributed by atoms with van der Waals surface area (Å²) in [5, 5.41) is 2.84. The Bertz CT molecular complexity index is 526. The molecule has 18 heavy (non-hydrogen) atoms. The van der Waals surface area contributed by atoms with Crippen LogP contribution in [0, 0.1) is 17.6 Å². The van der Waals surface area contributed by atoms with Crippen molar-refractivity contribution in [2.24, 2.45) is 0 Å². The highest BCUT2D eigenvalue weighted by molar-refractivity contribution is 5.32. The predicted molar refractivity (Wildman–Crippen MR) is 60.5 cm³/mol. The highest BCUT2D eigenvalue weighted by Crippen LogP contribution is 2.09. The lowest BCUT2D eigenvalue weighted by Gasteiger charge is -2.05. The molecule has 0 saturated heterocycles. The van der Waals surface area contributed by atoms with Crippen LogP contribution in [0.5, 0.6) is 0 Å². The third kappa shape index (κ3) is 3.44. The molecule has 0 radical (unpaired) electrons. The van der Waals surface area contributed by atoms with Crippen molar-refractivity contribution < 1.29 is 13.2 Å². The number of hydrogen-bond donors (Lipinski definition) is 1. The van der Waals surface area contributed by atoms with Crippen LogP contribution in [0.3, 0.4) is 0 Å². The molecule has 6 heteroatoms. The molecule has 0 aliphatic heterocycles. The maximum absolute atomic E-state index is 12.9. The third-order valence-corrected chi connectivity index (χ3v) is 2.28. The lowest BCUT2D eigenvalue weighted by Crippen LogP contribution is -2.07. The minimum absolute atomic E-state index is 0.333. The van der Waals surface area contributed by atoms with E-state index in [2.05, 4.69) is 15.3 Å². The summed E-state index contributed by atoms with van der Waals surface area (Å²) >= 11 is 0. The van der Waals surface area contributed by atoms with E-state index in [0.717, 1.165) is 18.5 Å². The molecule has 0 saturated carbocycles. The molecule has 1 heterocycles. The molecule has 3 nitrogen and oxygen atoms in total. The minimum atomic E-state index is -0.635. The second-order valence-electron chi connectivity index (χ2n) is 3.68. The molecule has 94 valence electrons. The van der Waals surface area contributed by atoms with Gasteiger partial charge in [0.05, 0.1) is 0 Å². The highest BCUT2D eigenvalue weighted by atomic mass is 19.1. The zero-order valence-corrected chi connectivity index (χ0v) is 9.33. The first kappa shape index (κ1) is 12.3. The molecule has 0 aliphatic carbocycles. The first-order valence-corrected chi connectivity index (χ1v) is 5.30. The number of halogens is 3. The summed E-state index contributed by atoms with van der Waals surface area (Å²) in [4.78, 5) is 7.11. The van der Waals surface area contributed by atoms with Gasteiger partial charge in [0.25, 0.3) is 0 Å². The van der Waals surface area contributed by atoms with E-state index in [1.54, 1.807) is 0 Å². The number of nitrogens with zero attached hydrogens (tertiary/aromatic N) is 2. The van der Waals surface area contributed by atoms with Crippen LogP contribution in [-0.2, 0) is 6.42 Å². The van der Waals surface area contributed by atoms with E-state index in [-0.39, 0.29) is 0 Å². The Hall–Kier alpha value is -2.11. The lowest BCUT2D eigenvalue weighted by molar-refractivity contribution is 0.579. The molecule has 0 bridgehead atoms. The first-order valence-electron chi connectivity index (χ1n) is 5.30. The Kier molecular flexibility index (Phi) is 3.76. The van der Waals surface area contributed by atoms with Crippen LogP contribution in [0.25, 0.3) is 0 Å². The number of hydrogen-bond acceptors (Lipinski definition) is 3. The second-order valence-corrected chi connectivity index (χ2v) is 3.68. The highest BCUT2D eigenvalue weighted by Gasteiger charge is 2.01. The van der Waals surface area contributed by atoms with Crippen molar-refractivity contribution in [1.29, 1.82) is 0 Å². The van der Waals surface area contributed by atoms with Crippen molar-refractivity contribution in [3.63, 3.8) is 0 Å². The molecule has 1 aromatic heterocycles. The van der Waals surface area contributed by atoms with Gasteiger partial charge in [0.2, 0.25) is 5.95 Å². The summed E-state index contributed by atoms with van der Waals surface area (Å²) in [6, 6.07) is 4.47. The lowest BCUT2D eigenvalue weighted by atomic mass is 10.1. The molecule has 0 amide bonds. The molecular formula is C12H10F3N3. The summed E-state index contributed by atoms with van der Waals surface area (Å²) in [5.74, 6) is -1.53. The summed E-state index contributed by atoms with van der Waals surface area (Å²) in [7, 11) is 0. The monoisotopic (exact) mass is 253 g/mol. The number of benzene rings is 1. The van der Waals surface area contributed by atoms with Gasteiger partial charge in [-0.25, -0.2) is 18.7 Å². The van der Waals surface area contributed by atoms with Gasteiger partial charge in [-0.15, -0.1) is 0 Å². The van der Waals surface area contributed by atoms with E-state index in [1.807, 2.05) is 0 Å². The van der Waals surface area contributed by atoms with E-state index in [4.69, 9.17) is 0 Å². The van der Waals surface area contributed by atoms with Crippen molar-refractivity contribution >= 4 is 5.82 Å². The van der Waals surface area contributed by atoms with Gasteiger partial charge in [-0.2, -0.15) is 4.39 Å². The van der Waals surface area contributed by atoms with Gasteiger partial charge in [-0.3, -0.25) is 0 Å². The van der Waals surface area contributed by atoms with Gasteiger partial charge in [-0.1, -0.05) is 0 Å². The van der Waals surface area contributed by atoms with Gasteiger partial charge in [0.15, 0.2) is 0 Å².